The molecule has 9 heteroatoms. The van der Waals surface area contributed by atoms with Gasteiger partial charge in [0.05, 0.1) is 24.2 Å². The Kier molecular flexibility index (Phi) is 8.45. The Hall–Kier alpha value is -2.39. The third kappa shape index (κ3) is 11.0. The van der Waals surface area contributed by atoms with Gasteiger partial charge in [-0.1, -0.05) is 18.2 Å². The molecule has 0 saturated heterocycles. The van der Waals surface area contributed by atoms with Crippen LogP contribution in [0.4, 0.5) is 16.2 Å². The number of unbranched alkanes of at least 4 members (excludes halogenated alkanes) is 1. The molecule has 0 fully saturated rings. The summed E-state index contributed by atoms with van der Waals surface area (Å²) in [6, 6.07) is 6.74. The lowest BCUT2D eigenvalue weighted by Crippen LogP contribution is -2.27. The maximum atomic E-state index is 12.0. The molecule has 0 heterocycles. The number of rotatable bonds is 8. The number of amides is 2. The van der Waals surface area contributed by atoms with E-state index in [-0.39, 0.29) is 12.5 Å². The van der Waals surface area contributed by atoms with E-state index in [9.17, 15) is 18.0 Å². The summed E-state index contributed by atoms with van der Waals surface area (Å²) >= 11 is 0. The van der Waals surface area contributed by atoms with Gasteiger partial charge in [-0.05, 0) is 51.8 Å². The molecule has 2 amide bonds. The lowest BCUT2D eigenvalue weighted by Gasteiger charge is -2.20. The van der Waals surface area contributed by atoms with Crippen molar-refractivity contribution in [3.63, 3.8) is 0 Å². The van der Waals surface area contributed by atoms with Crippen molar-refractivity contribution in [1.29, 1.82) is 0 Å². The second kappa shape index (κ2) is 10.1. The highest BCUT2D eigenvalue weighted by atomic mass is 32.2. The number of anilines is 2. The summed E-state index contributed by atoms with van der Waals surface area (Å²) in [5.74, 6) is -0.377. The Balaban J connectivity index is 2.54. The Labute approximate surface area is 160 Å². The van der Waals surface area contributed by atoms with Gasteiger partial charge in [0.1, 0.15) is 5.60 Å². The van der Waals surface area contributed by atoms with Crippen LogP contribution < -0.4 is 10.6 Å². The van der Waals surface area contributed by atoms with Gasteiger partial charge in [-0.25, -0.2) is 4.79 Å². The molecule has 1 aromatic rings. The van der Waals surface area contributed by atoms with E-state index in [1.165, 1.54) is 6.08 Å². The van der Waals surface area contributed by atoms with Crippen molar-refractivity contribution in [1.82, 2.24) is 0 Å². The van der Waals surface area contributed by atoms with E-state index in [2.05, 4.69) is 14.8 Å². The van der Waals surface area contributed by atoms with Crippen molar-refractivity contribution in [3.8, 4) is 0 Å². The van der Waals surface area contributed by atoms with Gasteiger partial charge in [-0.3, -0.25) is 14.3 Å². The fraction of sp³-hybridized carbons (Fsp3) is 0.444. The molecule has 0 aliphatic rings. The summed E-state index contributed by atoms with van der Waals surface area (Å²) in [5, 5.41) is 5.27. The molecule has 0 atom stereocenters. The lowest BCUT2D eigenvalue weighted by molar-refractivity contribution is -0.111. The normalized spacial score (nSPS) is 12.0. The lowest BCUT2D eigenvalue weighted by atomic mass is 10.2. The summed E-state index contributed by atoms with van der Waals surface area (Å²) < 4.78 is 31.4. The molecule has 0 aliphatic heterocycles. The zero-order chi connectivity index (χ0) is 20.5. The van der Waals surface area contributed by atoms with Crippen molar-refractivity contribution in [2.24, 2.45) is 0 Å². The Morgan fingerprint density at radius 3 is 2.26 bits per heavy atom. The molecule has 1 aromatic carbocycles. The first-order valence-corrected chi connectivity index (χ1v) is 10.2. The van der Waals surface area contributed by atoms with Crippen LogP contribution in [0.1, 0.15) is 33.6 Å². The van der Waals surface area contributed by atoms with E-state index in [4.69, 9.17) is 4.74 Å². The fourth-order valence-corrected chi connectivity index (χ4v) is 2.31. The van der Waals surface area contributed by atoms with Crippen LogP contribution in [0.3, 0.4) is 0 Å². The zero-order valence-electron chi connectivity index (χ0n) is 15.9. The average molecular weight is 398 g/mol. The average Bonchev–Trinajstić information content (AvgIpc) is 2.49. The van der Waals surface area contributed by atoms with Gasteiger partial charge in [0.25, 0.3) is 10.1 Å². The van der Waals surface area contributed by atoms with Crippen molar-refractivity contribution >= 4 is 33.5 Å². The van der Waals surface area contributed by atoms with Crippen LogP contribution in [0.5, 0.6) is 0 Å². The molecule has 0 saturated carbocycles. The third-order valence-corrected chi connectivity index (χ3v) is 3.50. The molecular weight excluding hydrogens is 372 g/mol. The number of hydrogen-bond acceptors (Lipinski definition) is 6. The van der Waals surface area contributed by atoms with Gasteiger partial charge in [0.2, 0.25) is 5.91 Å². The predicted molar refractivity (Wildman–Crippen MR) is 104 cm³/mol. The van der Waals surface area contributed by atoms with Gasteiger partial charge >= 0.3 is 6.09 Å². The Morgan fingerprint density at radius 2 is 1.70 bits per heavy atom. The number of carbonyl (C=O) groups is 2. The number of nitrogens with one attached hydrogen (secondary N) is 2. The van der Waals surface area contributed by atoms with Gasteiger partial charge < -0.3 is 10.1 Å². The molecule has 1 rings (SSSR count). The predicted octanol–water partition coefficient (Wildman–Crippen LogP) is 3.28. The Morgan fingerprint density at radius 1 is 1.11 bits per heavy atom. The molecule has 0 aromatic heterocycles. The highest BCUT2D eigenvalue weighted by molar-refractivity contribution is 7.85. The van der Waals surface area contributed by atoms with E-state index in [1.54, 1.807) is 51.1 Å². The van der Waals surface area contributed by atoms with Crippen LogP contribution in [0.15, 0.2) is 36.4 Å². The molecule has 0 unspecified atom stereocenters. The molecule has 150 valence electrons. The van der Waals surface area contributed by atoms with E-state index in [1.807, 2.05) is 0 Å². The summed E-state index contributed by atoms with van der Waals surface area (Å²) in [4.78, 5) is 23.9. The monoisotopic (exact) mass is 398 g/mol. The standard InChI is InChI=1S/C18H26N2O6S/c1-18(2,3)26-17(22)20-15-11-8-7-10-14(15)19-16(21)12-6-5-9-13-25-27(4,23)24/h6-8,10-12H,5,9,13H2,1-4H3,(H,19,21)(H,20,22). The first-order valence-electron chi connectivity index (χ1n) is 8.37. The number of carbonyl (C=O) groups excluding carboxylic acids is 2. The fourth-order valence-electron chi connectivity index (χ4n) is 1.89. The number of para-hydroxylation sites is 2. The van der Waals surface area contributed by atoms with Crippen LogP contribution >= 0.6 is 0 Å². The first kappa shape index (κ1) is 22.7. The van der Waals surface area contributed by atoms with Crippen LogP contribution in [0, 0.1) is 0 Å². The van der Waals surface area contributed by atoms with E-state index in [0.717, 1.165) is 6.26 Å². The molecule has 8 nitrogen and oxygen atoms in total. The topological polar surface area (TPSA) is 111 Å². The largest absolute Gasteiger partial charge is 0.444 e. The molecule has 0 radical (unpaired) electrons. The second-order valence-electron chi connectivity index (χ2n) is 6.73. The highest BCUT2D eigenvalue weighted by Crippen LogP contribution is 2.22. The summed E-state index contributed by atoms with van der Waals surface area (Å²) in [6.07, 6.45) is 4.27. The third-order valence-electron chi connectivity index (χ3n) is 2.90. The SMILES string of the molecule is CC(C)(C)OC(=O)Nc1ccccc1NC(=O)C=CCCCOS(C)(=O)=O. The van der Waals surface area contributed by atoms with Gasteiger partial charge in [-0.2, -0.15) is 8.42 Å². The van der Waals surface area contributed by atoms with Crippen molar-refractivity contribution < 1.29 is 26.9 Å². The van der Waals surface area contributed by atoms with E-state index in [0.29, 0.717) is 24.2 Å². The minimum absolute atomic E-state index is 0.0629. The van der Waals surface area contributed by atoms with Crippen molar-refractivity contribution in [2.75, 3.05) is 23.5 Å². The number of hydrogen-bond donors (Lipinski definition) is 2. The van der Waals surface area contributed by atoms with Crippen molar-refractivity contribution in [2.45, 2.75) is 39.2 Å². The smallest absolute Gasteiger partial charge is 0.412 e. The maximum absolute atomic E-state index is 12.0. The summed E-state index contributed by atoms with van der Waals surface area (Å²) in [5.41, 5.74) is 0.208. The van der Waals surface area contributed by atoms with Gasteiger partial charge in [-0.15, -0.1) is 0 Å². The molecule has 0 aliphatic carbocycles. The molecule has 0 spiro atoms. The second-order valence-corrected chi connectivity index (χ2v) is 8.38. The van der Waals surface area contributed by atoms with Crippen molar-refractivity contribution in [3.05, 3.63) is 36.4 Å². The molecular formula is C18H26N2O6S. The minimum atomic E-state index is -3.44. The zero-order valence-corrected chi connectivity index (χ0v) is 16.8. The molecule has 2 N–H and O–H groups in total. The van der Waals surface area contributed by atoms with E-state index < -0.39 is 21.8 Å². The quantitative estimate of drug-likeness (QED) is 0.395. The first-order chi connectivity index (χ1) is 12.5. The number of benzene rings is 1. The van der Waals surface area contributed by atoms with Gasteiger partial charge in [0, 0.05) is 0 Å². The molecule has 27 heavy (non-hydrogen) atoms. The minimum Gasteiger partial charge on any atom is -0.444 e. The van der Waals surface area contributed by atoms with Crippen LogP contribution in [-0.4, -0.2) is 38.9 Å². The van der Waals surface area contributed by atoms with Gasteiger partial charge in [0.15, 0.2) is 0 Å². The van der Waals surface area contributed by atoms with Crippen LogP contribution in [0.2, 0.25) is 0 Å². The van der Waals surface area contributed by atoms with Crippen LogP contribution in [-0.2, 0) is 23.8 Å². The number of allylic oxidation sites excluding steroid dienone is 1. The number of ether oxygens (including phenoxy) is 1. The summed E-state index contributed by atoms with van der Waals surface area (Å²) in [6.45, 7) is 5.33. The maximum Gasteiger partial charge on any atom is 0.412 e. The summed E-state index contributed by atoms with van der Waals surface area (Å²) in [7, 11) is -3.44. The van der Waals surface area contributed by atoms with E-state index >= 15 is 0 Å². The van der Waals surface area contributed by atoms with Crippen LogP contribution in [0.25, 0.3) is 0 Å². The highest BCUT2D eigenvalue weighted by Gasteiger charge is 2.17. The molecule has 0 bridgehead atoms. The Bertz CT molecular complexity index is 781.